The number of hydrogen-bond acceptors (Lipinski definition) is 4. The third-order valence-electron chi connectivity index (χ3n) is 16.2. The monoisotopic (exact) mass is 1270 g/mol. The lowest BCUT2D eigenvalue weighted by atomic mass is 9.85. The van der Waals surface area contributed by atoms with Crippen LogP contribution in [0.2, 0.25) is 0 Å². The molecule has 0 aliphatic rings. The minimum absolute atomic E-state index is 0. The number of hydrogen-bond donors (Lipinski definition) is 0. The summed E-state index contributed by atoms with van der Waals surface area (Å²) < 4.78 is 30.0. The van der Waals surface area contributed by atoms with Crippen LogP contribution in [0.1, 0.15) is 126 Å². The van der Waals surface area contributed by atoms with Gasteiger partial charge in [-0.25, -0.2) is 0 Å². The molecular formula is C61H100Br4N4O4. The zero-order valence-electron chi connectivity index (χ0n) is 48.0. The second kappa shape index (κ2) is 38.2. The van der Waals surface area contributed by atoms with Gasteiger partial charge in [-0.1, -0.05) is 68.8 Å². The van der Waals surface area contributed by atoms with Crippen LogP contribution in [-0.4, -0.2) is 149 Å². The lowest BCUT2D eigenvalue weighted by molar-refractivity contribution is -0.923. The molecule has 0 bridgehead atoms. The largest absolute Gasteiger partial charge is 1.00 e. The van der Waals surface area contributed by atoms with Crippen molar-refractivity contribution in [3.05, 3.63) is 119 Å². The summed E-state index contributed by atoms with van der Waals surface area (Å²) in [6.07, 6.45) is 1.25. The van der Waals surface area contributed by atoms with Gasteiger partial charge in [-0.3, -0.25) is 0 Å². The van der Waals surface area contributed by atoms with E-state index in [2.05, 4.69) is 194 Å². The highest BCUT2D eigenvalue weighted by Crippen LogP contribution is 2.39. The molecule has 12 heteroatoms. The van der Waals surface area contributed by atoms with Crippen molar-refractivity contribution in [2.75, 3.05) is 131 Å². The Morgan fingerprint density at radius 1 is 0.260 bits per heavy atom. The summed E-state index contributed by atoms with van der Waals surface area (Å²) in [5.41, 5.74) is 6.74. The van der Waals surface area contributed by atoms with Crippen LogP contribution in [0, 0.1) is 0 Å². The zero-order chi connectivity index (χ0) is 50.8. The van der Waals surface area contributed by atoms with Crippen LogP contribution < -0.4 is 86.9 Å². The van der Waals surface area contributed by atoms with Crippen molar-refractivity contribution >= 4 is 11.1 Å². The van der Waals surface area contributed by atoms with E-state index in [9.17, 15) is 0 Å². The molecule has 0 aliphatic heterocycles. The normalized spacial score (nSPS) is 11.3. The fourth-order valence-corrected chi connectivity index (χ4v) is 9.79. The first-order valence-corrected chi connectivity index (χ1v) is 27.5. The molecule has 8 nitrogen and oxygen atoms in total. The highest BCUT2D eigenvalue weighted by atomic mass is 79.9. The van der Waals surface area contributed by atoms with Crippen LogP contribution >= 0.6 is 0 Å². The summed E-state index contributed by atoms with van der Waals surface area (Å²) in [6, 6.07) is 34.9. The van der Waals surface area contributed by atoms with Gasteiger partial charge in [0.05, 0.1) is 78.5 Å². The third kappa shape index (κ3) is 21.5. The van der Waals surface area contributed by atoms with Crippen molar-refractivity contribution in [3.8, 4) is 23.0 Å². The number of halogens is 4. The van der Waals surface area contributed by atoms with E-state index < -0.39 is 0 Å². The minimum Gasteiger partial charge on any atom is -1.00 e. The van der Waals surface area contributed by atoms with Crippen molar-refractivity contribution in [1.82, 2.24) is 0 Å². The molecule has 0 aliphatic carbocycles. The summed E-state index contributed by atoms with van der Waals surface area (Å²) in [4.78, 5) is 0. The lowest BCUT2D eigenvalue weighted by Crippen LogP contribution is -3.00. The number of likely N-dealkylation sites (N-methyl/N-ethyl adjacent to an activating group) is 4. The predicted octanol–water partition coefficient (Wildman–Crippen LogP) is 1.15. The molecule has 73 heavy (non-hydrogen) atoms. The maximum Gasteiger partial charge on any atom is 0.137 e. The third-order valence-corrected chi connectivity index (χ3v) is 16.2. The van der Waals surface area contributed by atoms with Gasteiger partial charge in [0.1, 0.15) is 75.6 Å². The Morgan fingerprint density at radius 2 is 0.397 bits per heavy atom. The van der Waals surface area contributed by atoms with Gasteiger partial charge in [0, 0.05) is 0 Å². The molecule has 0 amide bonds. The van der Waals surface area contributed by atoms with Crippen LogP contribution in [0.5, 0.6) is 23.0 Å². The van der Waals surface area contributed by atoms with Gasteiger partial charge in [0.2, 0.25) is 0 Å². The average Bonchev–Trinajstić information content (AvgIpc) is 3.40. The summed E-state index contributed by atoms with van der Waals surface area (Å²) in [7, 11) is 0. The van der Waals surface area contributed by atoms with Gasteiger partial charge in [-0.2, -0.15) is 0 Å². The van der Waals surface area contributed by atoms with E-state index in [-0.39, 0.29) is 67.9 Å². The molecule has 0 spiro atoms. The van der Waals surface area contributed by atoms with E-state index in [0.29, 0.717) is 26.4 Å². The van der Waals surface area contributed by atoms with Gasteiger partial charge in [-0.15, -0.1) is 0 Å². The number of ether oxygens (including phenoxy) is 4. The Labute approximate surface area is 489 Å². The molecule has 4 aromatic rings. The van der Waals surface area contributed by atoms with E-state index in [1.165, 1.54) is 6.42 Å². The van der Waals surface area contributed by atoms with Crippen molar-refractivity contribution < 1.29 is 105 Å². The minimum atomic E-state index is 0. The molecule has 0 fully saturated rings. The molecule has 4 aromatic carbocycles. The predicted molar refractivity (Wildman–Crippen MR) is 296 cm³/mol. The van der Waals surface area contributed by atoms with Gasteiger partial charge in [-0.05, 0) is 165 Å². The number of quaternary nitrogens is 4. The van der Waals surface area contributed by atoms with Gasteiger partial charge in [0.15, 0.2) is 0 Å². The second-order valence-corrected chi connectivity index (χ2v) is 19.0. The van der Waals surface area contributed by atoms with Crippen molar-refractivity contribution in [2.45, 2.75) is 103 Å². The van der Waals surface area contributed by atoms with E-state index in [0.717, 1.165) is 179 Å². The molecule has 0 radical (unpaired) electrons. The summed E-state index contributed by atoms with van der Waals surface area (Å²) in [6.45, 7) is 51.7. The molecule has 0 saturated carbocycles. The standard InChI is InChI=1S/C58H92N4O4.C3H8.4BrH/c1-13-59(14-2,15-3)41-45-63-53-33-25-49(26-34-53)57(50-27-35-54(36-28-50)64-46-42-60(16-4,17-5)18-6)58(51-29-37-55(38-30-51)65-47-43-61(19-7,20-8)21-9)52-31-39-56(40-32-52)66-48-44-62(22-10,23-11)24-12;1-3-2;;;;/h25-40H,13-24,41-48H2,1-12H3;3H2,1-2H3;4*1H/q+4;;;;;/p-4. The van der Waals surface area contributed by atoms with Gasteiger partial charge < -0.3 is 105 Å². The average molecular weight is 1270 g/mol. The van der Waals surface area contributed by atoms with Crippen LogP contribution in [0.3, 0.4) is 0 Å². The maximum absolute atomic E-state index is 6.43. The molecular weight excluding hydrogens is 1170 g/mol. The molecule has 416 valence electrons. The van der Waals surface area contributed by atoms with Crippen LogP contribution in [0.15, 0.2) is 97.1 Å². The summed E-state index contributed by atoms with van der Waals surface area (Å²) in [5.74, 6) is 3.56. The Balaban J connectivity index is 0. The highest BCUT2D eigenvalue weighted by Gasteiger charge is 2.24. The molecule has 0 N–H and O–H groups in total. The Kier molecular flexibility index (Phi) is 38.0. The first kappa shape index (κ1) is 72.7. The van der Waals surface area contributed by atoms with Crippen molar-refractivity contribution in [3.63, 3.8) is 0 Å². The summed E-state index contributed by atoms with van der Waals surface area (Å²) in [5, 5.41) is 0. The van der Waals surface area contributed by atoms with Crippen LogP contribution in [0.25, 0.3) is 11.1 Å². The first-order chi connectivity index (χ1) is 33.4. The fraction of sp³-hybridized carbons (Fsp3) is 0.574. The Morgan fingerprint density at radius 3 is 0.521 bits per heavy atom. The molecule has 0 heterocycles. The van der Waals surface area contributed by atoms with E-state index in [4.69, 9.17) is 18.9 Å². The van der Waals surface area contributed by atoms with Gasteiger partial charge >= 0.3 is 0 Å². The van der Waals surface area contributed by atoms with Crippen LogP contribution in [0.4, 0.5) is 0 Å². The topological polar surface area (TPSA) is 36.9 Å². The quantitative estimate of drug-likeness (QED) is 0.0545. The van der Waals surface area contributed by atoms with Crippen LogP contribution in [-0.2, 0) is 0 Å². The summed E-state index contributed by atoms with van der Waals surface area (Å²) >= 11 is 0. The molecule has 0 atom stereocenters. The van der Waals surface area contributed by atoms with E-state index >= 15 is 0 Å². The first-order valence-electron chi connectivity index (χ1n) is 27.5. The zero-order valence-corrected chi connectivity index (χ0v) is 54.4. The van der Waals surface area contributed by atoms with E-state index in [1.807, 2.05) is 0 Å². The molecule has 0 unspecified atom stereocenters. The number of nitrogens with zero attached hydrogens (tertiary/aromatic N) is 4. The van der Waals surface area contributed by atoms with Crippen molar-refractivity contribution in [2.24, 2.45) is 0 Å². The molecule has 4 rings (SSSR count). The maximum atomic E-state index is 6.43. The SMILES string of the molecule is CCC.CC[N+](CC)(CC)CCOc1ccc(C(=C(c2ccc(OCC[N+](CC)(CC)CC)cc2)c2ccc(OCC[N+](CC)(CC)CC)cc2)c2ccc(OCC[N+](CC)(CC)CC)cc2)cc1.[Br-].[Br-].[Br-].[Br-]. The highest BCUT2D eigenvalue weighted by molar-refractivity contribution is 6.04. The number of rotatable bonds is 32. The number of benzene rings is 4. The molecule has 0 aromatic heterocycles. The smallest absolute Gasteiger partial charge is 0.137 e. The van der Waals surface area contributed by atoms with E-state index in [1.54, 1.807) is 0 Å². The Hall–Kier alpha value is -2.42. The fourth-order valence-electron chi connectivity index (χ4n) is 9.79. The second-order valence-electron chi connectivity index (χ2n) is 19.0. The lowest BCUT2D eigenvalue weighted by Gasteiger charge is -2.35. The van der Waals surface area contributed by atoms with Gasteiger partial charge in [0.25, 0.3) is 0 Å². The molecule has 0 saturated heterocycles. The van der Waals surface area contributed by atoms with Crippen molar-refractivity contribution in [1.29, 1.82) is 0 Å². The Bertz CT molecular complexity index is 1700.